The fourth-order valence-corrected chi connectivity index (χ4v) is 3.47. The molecule has 1 amide bonds. The molecule has 1 aliphatic rings. The molecule has 7 heteroatoms. The molecule has 1 N–H and O–H groups in total. The van der Waals surface area contributed by atoms with Crippen LogP contribution in [0.5, 0.6) is 0 Å². The highest BCUT2D eigenvalue weighted by molar-refractivity contribution is 6.00. The number of aromatic nitrogens is 2. The molecule has 1 fully saturated rings. The number of fused-ring (bicyclic) bond motifs is 1. The monoisotopic (exact) mass is 365 g/mol. The summed E-state index contributed by atoms with van der Waals surface area (Å²) < 4.78 is 33.5. The highest BCUT2D eigenvalue weighted by atomic mass is 19.3. The van der Waals surface area contributed by atoms with Crippen LogP contribution in [-0.4, -0.2) is 34.0 Å². The van der Waals surface area contributed by atoms with Crippen LogP contribution in [-0.2, 0) is 4.74 Å². The van der Waals surface area contributed by atoms with Crippen LogP contribution in [0.25, 0.3) is 5.65 Å². The van der Waals surface area contributed by atoms with Crippen molar-refractivity contribution in [3.8, 4) is 0 Å². The van der Waals surface area contributed by atoms with Crippen LogP contribution in [0, 0.1) is 6.92 Å². The van der Waals surface area contributed by atoms with Gasteiger partial charge in [-0.05, 0) is 51.2 Å². The van der Waals surface area contributed by atoms with E-state index < -0.39 is 6.43 Å². The van der Waals surface area contributed by atoms with E-state index in [0.29, 0.717) is 11.3 Å². The second-order valence-electron chi connectivity index (χ2n) is 6.86. The first kappa shape index (κ1) is 18.8. The van der Waals surface area contributed by atoms with E-state index in [1.807, 2.05) is 0 Å². The van der Waals surface area contributed by atoms with Crippen molar-refractivity contribution in [2.45, 2.75) is 64.5 Å². The third-order valence-corrected chi connectivity index (χ3v) is 4.87. The smallest absolute Gasteiger partial charge is 0.280 e. The molecule has 26 heavy (non-hydrogen) atoms. The van der Waals surface area contributed by atoms with Crippen LogP contribution in [0.2, 0.25) is 0 Å². The highest BCUT2D eigenvalue weighted by Gasteiger charge is 2.24. The molecule has 1 aliphatic carbocycles. The second-order valence-corrected chi connectivity index (χ2v) is 6.86. The number of nitrogens with zero attached hydrogens (tertiary/aromatic N) is 2. The normalized spacial score (nSPS) is 20.7. The van der Waals surface area contributed by atoms with Crippen LogP contribution in [0.1, 0.15) is 67.2 Å². The number of hydrogen-bond donors (Lipinski definition) is 1. The summed E-state index contributed by atoms with van der Waals surface area (Å²) in [6, 6.07) is 3.06. The number of amides is 1. The van der Waals surface area contributed by atoms with Crippen molar-refractivity contribution in [2.75, 3.05) is 6.61 Å². The summed E-state index contributed by atoms with van der Waals surface area (Å²) in [5, 5.41) is 3.02. The largest absolute Gasteiger partial charge is 0.378 e. The van der Waals surface area contributed by atoms with Crippen LogP contribution >= 0.6 is 0 Å². The van der Waals surface area contributed by atoms with E-state index in [2.05, 4.69) is 17.2 Å². The predicted octanol–water partition coefficient (Wildman–Crippen LogP) is 4.05. The topological polar surface area (TPSA) is 55.6 Å². The molecule has 0 bridgehead atoms. The Kier molecular flexibility index (Phi) is 5.86. The first-order valence-corrected chi connectivity index (χ1v) is 9.18. The molecule has 1 saturated carbocycles. The average molecular weight is 365 g/mol. The van der Waals surface area contributed by atoms with E-state index in [1.165, 1.54) is 6.07 Å². The number of aryl methyl sites for hydroxylation is 1. The number of halogens is 2. The Morgan fingerprint density at radius 1 is 1.38 bits per heavy atom. The first-order valence-electron chi connectivity index (χ1n) is 9.18. The first-order chi connectivity index (χ1) is 12.5. The molecule has 0 spiro atoms. The third-order valence-electron chi connectivity index (χ3n) is 4.87. The fraction of sp³-hybridized carbons (Fsp3) is 0.579. The van der Waals surface area contributed by atoms with E-state index in [4.69, 9.17) is 4.74 Å². The van der Waals surface area contributed by atoms with Crippen LogP contribution in [0.4, 0.5) is 8.78 Å². The number of hydrogen-bond acceptors (Lipinski definition) is 3. The van der Waals surface area contributed by atoms with Gasteiger partial charge in [-0.1, -0.05) is 6.92 Å². The quantitative estimate of drug-likeness (QED) is 0.840. The van der Waals surface area contributed by atoms with Crippen molar-refractivity contribution in [1.82, 2.24) is 14.7 Å². The Morgan fingerprint density at radius 2 is 2.12 bits per heavy atom. The van der Waals surface area contributed by atoms with Crippen molar-refractivity contribution in [3.63, 3.8) is 0 Å². The van der Waals surface area contributed by atoms with Gasteiger partial charge in [-0.15, -0.1) is 0 Å². The molecule has 0 aromatic carbocycles. The summed E-state index contributed by atoms with van der Waals surface area (Å²) in [6.07, 6.45) is 3.88. The van der Waals surface area contributed by atoms with E-state index in [1.54, 1.807) is 23.6 Å². The number of rotatable bonds is 6. The standard InChI is InChI=1S/C19H25F2N3O2/c1-3-10-26-14-6-4-13(5-7-14)22-19(25)15-8-9-24-12(2)11-16(17(20)21)23-18(15)24/h8-9,11,13-14,17H,3-7,10H2,1-2H3,(H,22,25)/t13-,14-. The molecule has 0 aliphatic heterocycles. The molecule has 0 saturated heterocycles. The van der Waals surface area contributed by atoms with Gasteiger partial charge in [0, 0.05) is 24.5 Å². The summed E-state index contributed by atoms with van der Waals surface area (Å²) >= 11 is 0. The summed E-state index contributed by atoms with van der Waals surface area (Å²) in [4.78, 5) is 16.6. The lowest BCUT2D eigenvalue weighted by molar-refractivity contribution is 0.0227. The maximum atomic E-state index is 13.0. The number of nitrogens with one attached hydrogen (secondary N) is 1. The molecular formula is C19H25F2N3O2. The van der Waals surface area contributed by atoms with Gasteiger partial charge in [-0.3, -0.25) is 4.79 Å². The van der Waals surface area contributed by atoms with Gasteiger partial charge in [-0.25, -0.2) is 13.8 Å². The number of carbonyl (C=O) groups is 1. The zero-order valence-corrected chi connectivity index (χ0v) is 15.2. The zero-order valence-electron chi connectivity index (χ0n) is 15.2. The number of ether oxygens (including phenoxy) is 1. The predicted molar refractivity (Wildman–Crippen MR) is 94.6 cm³/mol. The van der Waals surface area contributed by atoms with E-state index in [0.717, 1.165) is 38.7 Å². The van der Waals surface area contributed by atoms with Crippen molar-refractivity contribution in [3.05, 3.63) is 35.3 Å². The van der Waals surface area contributed by atoms with Crippen molar-refractivity contribution >= 4 is 11.6 Å². The number of alkyl halides is 2. The maximum absolute atomic E-state index is 13.0. The van der Waals surface area contributed by atoms with E-state index in [-0.39, 0.29) is 29.4 Å². The van der Waals surface area contributed by atoms with Gasteiger partial charge in [-0.2, -0.15) is 0 Å². The molecule has 2 aromatic rings. The van der Waals surface area contributed by atoms with Gasteiger partial charge in [0.25, 0.3) is 12.3 Å². The molecule has 0 unspecified atom stereocenters. The van der Waals surface area contributed by atoms with Gasteiger partial charge in [0.2, 0.25) is 0 Å². The minimum atomic E-state index is -2.66. The van der Waals surface area contributed by atoms with Gasteiger partial charge in [0.15, 0.2) is 0 Å². The summed E-state index contributed by atoms with van der Waals surface area (Å²) in [6.45, 7) is 4.58. The van der Waals surface area contributed by atoms with Crippen molar-refractivity contribution in [1.29, 1.82) is 0 Å². The average Bonchev–Trinajstić information content (AvgIpc) is 3.05. The number of carbonyl (C=O) groups excluding carboxylic acids is 1. The van der Waals surface area contributed by atoms with Crippen LogP contribution in [0.3, 0.4) is 0 Å². The van der Waals surface area contributed by atoms with Crippen molar-refractivity contribution < 1.29 is 18.3 Å². The minimum Gasteiger partial charge on any atom is -0.378 e. The summed E-state index contributed by atoms with van der Waals surface area (Å²) in [5.74, 6) is -0.260. The molecule has 3 rings (SSSR count). The van der Waals surface area contributed by atoms with Gasteiger partial charge < -0.3 is 14.5 Å². The molecule has 142 valence electrons. The van der Waals surface area contributed by atoms with Gasteiger partial charge >= 0.3 is 0 Å². The molecule has 2 aromatic heterocycles. The third kappa shape index (κ3) is 4.03. The van der Waals surface area contributed by atoms with Crippen molar-refractivity contribution in [2.24, 2.45) is 0 Å². The molecule has 5 nitrogen and oxygen atoms in total. The SMILES string of the molecule is CCCO[C@H]1CC[C@H](NC(=O)c2ccn3c(C)cc(C(F)F)nc23)CC1. The Bertz CT molecular complexity index is 767. The lowest BCUT2D eigenvalue weighted by Crippen LogP contribution is -2.39. The highest BCUT2D eigenvalue weighted by Crippen LogP contribution is 2.24. The van der Waals surface area contributed by atoms with Crippen LogP contribution in [0.15, 0.2) is 18.3 Å². The second kappa shape index (κ2) is 8.12. The van der Waals surface area contributed by atoms with Crippen LogP contribution < -0.4 is 5.32 Å². The Morgan fingerprint density at radius 3 is 2.77 bits per heavy atom. The fourth-order valence-electron chi connectivity index (χ4n) is 3.47. The molecular weight excluding hydrogens is 340 g/mol. The Hall–Kier alpha value is -2.02. The summed E-state index contributed by atoms with van der Waals surface area (Å²) in [7, 11) is 0. The molecule has 0 atom stereocenters. The van der Waals surface area contributed by atoms with E-state index >= 15 is 0 Å². The lowest BCUT2D eigenvalue weighted by atomic mass is 9.92. The maximum Gasteiger partial charge on any atom is 0.280 e. The Labute approximate surface area is 151 Å². The lowest BCUT2D eigenvalue weighted by Gasteiger charge is -2.29. The molecule has 0 radical (unpaired) electrons. The van der Waals surface area contributed by atoms with Gasteiger partial charge in [0.05, 0.1) is 11.7 Å². The van der Waals surface area contributed by atoms with E-state index in [9.17, 15) is 13.6 Å². The Balaban J connectivity index is 1.69. The molecule has 2 heterocycles. The zero-order chi connectivity index (χ0) is 18.7. The van der Waals surface area contributed by atoms with Gasteiger partial charge in [0.1, 0.15) is 11.3 Å². The minimum absolute atomic E-state index is 0.0818. The summed E-state index contributed by atoms with van der Waals surface area (Å²) in [5.41, 5.74) is 0.923.